The number of primary amides is 1. The fourth-order valence-electron chi connectivity index (χ4n) is 4.02. The van der Waals surface area contributed by atoms with E-state index in [1.807, 2.05) is 13.8 Å². The van der Waals surface area contributed by atoms with Crippen LogP contribution in [0.5, 0.6) is 0 Å². The van der Waals surface area contributed by atoms with Crippen molar-refractivity contribution in [1.82, 2.24) is 19.1 Å². The zero-order chi connectivity index (χ0) is 23.6. The summed E-state index contributed by atoms with van der Waals surface area (Å²) in [7, 11) is 1.69. The van der Waals surface area contributed by atoms with Gasteiger partial charge in [-0.15, -0.1) is 0 Å². The van der Waals surface area contributed by atoms with Crippen molar-refractivity contribution < 1.29 is 14.3 Å². The Kier molecular flexibility index (Phi) is 6.63. The lowest BCUT2D eigenvalue weighted by molar-refractivity contribution is -0.115. The molecule has 0 aliphatic heterocycles. The van der Waals surface area contributed by atoms with Crippen LogP contribution in [0.25, 0.3) is 11.2 Å². The summed E-state index contributed by atoms with van der Waals surface area (Å²) >= 11 is 0. The molecule has 0 saturated heterocycles. The van der Waals surface area contributed by atoms with Gasteiger partial charge < -0.3 is 16.2 Å². The number of fused-ring (bicyclic) bond motifs is 1. The van der Waals surface area contributed by atoms with Crippen LogP contribution in [0.4, 0.5) is 16.0 Å². The molecule has 3 aromatic rings. The predicted molar refractivity (Wildman–Crippen MR) is 120 cm³/mol. The van der Waals surface area contributed by atoms with Crippen LogP contribution in [0.3, 0.4) is 0 Å². The van der Waals surface area contributed by atoms with Crippen molar-refractivity contribution in [3.63, 3.8) is 0 Å². The van der Waals surface area contributed by atoms with E-state index in [9.17, 15) is 19.1 Å². The molecule has 1 aliphatic rings. The number of benzene rings is 1. The van der Waals surface area contributed by atoms with E-state index in [4.69, 9.17) is 0 Å². The van der Waals surface area contributed by atoms with Crippen LogP contribution in [0.15, 0.2) is 29.2 Å². The van der Waals surface area contributed by atoms with Gasteiger partial charge in [0.1, 0.15) is 11.3 Å². The summed E-state index contributed by atoms with van der Waals surface area (Å²) in [6.07, 6.45) is 4.48. The number of anilines is 2. The van der Waals surface area contributed by atoms with E-state index in [1.54, 1.807) is 23.9 Å². The van der Waals surface area contributed by atoms with E-state index in [1.165, 1.54) is 23.6 Å². The molecule has 10 heteroatoms. The lowest BCUT2D eigenvalue weighted by Gasteiger charge is -2.34. The SMILES string of the molecule is CC(N)=O.Cc1ccc(F)cc1Nc1ncc2c(n1)n(C1CCCC(C)(O)C1)c(=O)n2C. The normalized spacial score (nSPS) is 20.5. The number of hydrogen-bond donors (Lipinski definition) is 3. The summed E-state index contributed by atoms with van der Waals surface area (Å²) in [6, 6.07) is 4.34. The Bertz CT molecular complexity index is 1200. The second kappa shape index (κ2) is 9.07. The summed E-state index contributed by atoms with van der Waals surface area (Å²) in [5.74, 6) is -0.390. The quantitative estimate of drug-likeness (QED) is 0.570. The molecule has 2 heterocycles. The molecule has 1 aliphatic carbocycles. The van der Waals surface area contributed by atoms with Gasteiger partial charge >= 0.3 is 5.69 Å². The van der Waals surface area contributed by atoms with Crippen molar-refractivity contribution in [2.45, 2.75) is 58.1 Å². The van der Waals surface area contributed by atoms with Crippen molar-refractivity contribution >= 4 is 28.7 Å². The lowest BCUT2D eigenvalue weighted by atomic mass is 9.83. The standard InChI is InChI=1S/C20H24FN5O2.C2H5NO/c1-12-6-7-13(21)9-15(12)23-18-22-11-16-17(24-18)26(19(27)25(16)3)14-5-4-8-20(2,28)10-14;1-2(3)4/h6-7,9,11,14,28H,4-5,8,10H2,1-3H3,(H,22,23,24);1H3,(H2,3,4). The van der Waals surface area contributed by atoms with Gasteiger partial charge in [-0.3, -0.25) is 13.9 Å². The number of hydrogen-bond acceptors (Lipinski definition) is 6. The molecule has 0 bridgehead atoms. The summed E-state index contributed by atoms with van der Waals surface area (Å²) in [5, 5.41) is 13.5. The smallest absolute Gasteiger partial charge is 0.330 e. The minimum Gasteiger partial charge on any atom is -0.390 e. The van der Waals surface area contributed by atoms with Crippen LogP contribution in [-0.4, -0.2) is 35.7 Å². The van der Waals surface area contributed by atoms with Gasteiger partial charge in [0.2, 0.25) is 11.9 Å². The number of aryl methyl sites for hydroxylation is 2. The highest BCUT2D eigenvalue weighted by atomic mass is 19.1. The Balaban J connectivity index is 0.000000668. The number of aliphatic hydroxyl groups is 1. The third-order valence-electron chi connectivity index (χ3n) is 5.57. The minimum absolute atomic E-state index is 0.126. The zero-order valence-electron chi connectivity index (χ0n) is 18.7. The molecule has 2 aromatic heterocycles. The number of rotatable bonds is 3. The highest BCUT2D eigenvalue weighted by Gasteiger charge is 2.33. The second-order valence-corrected chi connectivity index (χ2v) is 8.56. The molecule has 9 nitrogen and oxygen atoms in total. The Labute approximate surface area is 185 Å². The first-order chi connectivity index (χ1) is 15.0. The largest absolute Gasteiger partial charge is 0.390 e. The van der Waals surface area contributed by atoms with Gasteiger partial charge in [0.15, 0.2) is 5.65 Å². The van der Waals surface area contributed by atoms with Gasteiger partial charge in [-0.05, 0) is 57.2 Å². The Hall–Kier alpha value is -3.27. The summed E-state index contributed by atoms with van der Waals surface area (Å²) in [5.41, 5.74) is 6.07. The first-order valence-corrected chi connectivity index (χ1v) is 10.4. The number of halogens is 1. The molecular weight excluding hydrogens is 415 g/mol. The van der Waals surface area contributed by atoms with Gasteiger partial charge in [-0.2, -0.15) is 4.98 Å². The lowest BCUT2D eigenvalue weighted by Crippen LogP contribution is -2.36. The average molecular weight is 445 g/mol. The maximum Gasteiger partial charge on any atom is 0.330 e. The van der Waals surface area contributed by atoms with Gasteiger partial charge in [-0.25, -0.2) is 14.2 Å². The predicted octanol–water partition coefficient (Wildman–Crippen LogP) is 2.68. The molecule has 0 spiro atoms. The highest BCUT2D eigenvalue weighted by Crippen LogP contribution is 2.35. The van der Waals surface area contributed by atoms with Crippen LogP contribution in [0, 0.1) is 12.7 Å². The maximum atomic E-state index is 13.6. The summed E-state index contributed by atoms with van der Waals surface area (Å²) < 4.78 is 16.8. The molecule has 1 amide bonds. The fourth-order valence-corrected chi connectivity index (χ4v) is 4.02. The number of aromatic nitrogens is 4. The van der Waals surface area contributed by atoms with Crippen molar-refractivity contribution in [3.05, 3.63) is 46.3 Å². The topological polar surface area (TPSA) is 128 Å². The van der Waals surface area contributed by atoms with E-state index < -0.39 is 5.60 Å². The number of carbonyl (C=O) groups is 1. The van der Waals surface area contributed by atoms with E-state index in [0.29, 0.717) is 29.2 Å². The monoisotopic (exact) mass is 444 g/mol. The van der Waals surface area contributed by atoms with Gasteiger partial charge in [-0.1, -0.05) is 6.07 Å². The molecule has 2 unspecified atom stereocenters. The first-order valence-electron chi connectivity index (χ1n) is 10.4. The molecule has 4 N–H and O–H groups in total. The molecule has 2 atom stereocenters. The number of nitrogens with two attached hydrogens (primary N) is 1. The van der Waals surface area contributed by atoms with Crippen molar-refractivity contribution in [1.29, 1.82) is 0 Å². The number of amides is 1. The van der Waals surface area contributed by atoms with Gasteiger partial charge in [0.25, 0.3) is 0 Å². The molecule has 1 fully saturated rings. The molecule has 1 saturated carbocycles. The molecule has 172 valence electrons. The second-order valence-electron chi connectivity index (χ2n) is 8.56. The molecule has 32 heavy (non-hydrogen) atoms. The maximum absolute atomic E-state index is 13.6. The minimum atomic E-state index is -0.794. The number of nitrogens with one attached hydrogen (secondary N) is 1. The first kappa shape index (κ1) is 23.4. The van der Waals surface area contributed by atoms with Crippen molar-refractivity contribution in [2.24, 2.45) is 12.8 Å². The number of imidazole rings is 1. The van der Waals surface area contributed by atoms with E-state index >= 15 is 0 Å². The third kappa shape index (κ3) is 5.13. The van der Waals surface area contributed by atoms with Crippen LogP contribution < -0.4 is 16.7 Å². The molecule has 1 aromatic carbocycles. The number of nitrogens with zero attached hydrogens (tertiary/aromatic N) is 4. The summed E-state index contributed by atoms with van der Waals surface area (Å²) in [4.78, 5) is 31.0. The van der Waals surface area contributed by atoms with E-state index in [2.05, 4.69) is 21.0 Å². The van der Waals surface area contributed by atoms with Gasteiger partial charge in [0, 0.05) is 25.7 Å². The molecule has 4 rings (SSSR count). The van der Waals surface area contributed by atoms with Crippen LogP contribution in [0.1, 0.15) is 51.1 Å². The number of carbonyl (C=O) groups excluding carboxylic acids is 1. The molecule has 0 radical (unpaired) electrons. The third-order valence-corrected chi connectivity index (χ3v) is 5.57. The van der Waals surface area contributed by atoms with Crippen LogP contribution >= 0.6 is 0 Å². The Morgan fingerprint density at radius 1 is 1.41 bits per heavy atom. The van der Waals surface area contributed by atoms with Crippen molar-refractivity contribution in [3.8, 4) is 0 Å². The summed E-state index contributed by atoms with van der Waals surface area (Å²) in [6.45, 7) is 4.98. The average Bonchev–Trinajstić information content (AvgIpc) is 2.93. The van der Waals surface area contributed by atoms with Crippen LogP contribution in [-0.2, 0) is 11.8 Å². The zero-order valence-corrected chi connectivity index (χ0v) is 18.7. The van der Waals surface area contributed by atoms with Gasteiger partial charge in [0.05, 0.1) is 11.8 Å². The van der Waals surface area contributed by atoms with E-state index in [-0.39, 0.29) is 23.5 Å². The van der Waals surface area contributed by atoms with Crippen molar-refractivity contribution in [2.75, 3.05) is 5.32 Å². The van der Waals surface area contributed by atoms with E-state index in [0.717, 1.165) is 24.8 Å². The molecular formula is C22H29FN6O3. The fraction of sp³-hybridized carbons (Fsp3) is 0.455. The Morgan fingerprint density at radius 2 is 2.09 bits per heavy atom. The Morgan fingerprint density at radius 3 is 2.75 bits per heavy atom. The van der Waals surface area contributed by atoms with Crippen LogP contribution in [0.2, 0.25) is 0 Å². The highest BCUT2D eigenvalue weighted by molar-refractivity contribution is 5.73.